The average molecular weight is 308 g/mol. The number of aryl methyl sites for hydroxylation is 1. The molecule has 2 aromatic rings. The van der Waals surface area contributed by atoms with E-state index >= 15 is 0 Å². The molecule has 3 rings (SSSR count). The quantitative estimate of drug-likeness (QED) is 0.770. The van der Waals surface area contributed by atoms with Crippen LogP contribution < -0.4 is 10.6 Å². The molecule has 0 fully saturated rings. The van der Waals surface area contributed by atoms with Crippen LogP contribution in [0, 0.1) is 0 Å². The summed E-state index contributed by atoms with van der Waals surface area (Å²) in [4.78, 5) is 12.1. The monoisotopic (exact) mass is 308 g/mol. The molecule has 2 N–H and O–H groups in total. The Morgan fingerprint density at radius 3 is 2.48 bits per heavy atom. The first-order valence-corrected chi connectivity index (χ1v) is 8.50. The minimum Gasteiger partial charge on any atom is -0.376 e. The average Bonchev–Trinajstić information content (AvgIpc) is 2.73. The van der Waals surface area contributed by atoms with Gasteiger partial charge in [0.05, 0.1) is 23.8 Å². The molecule has 0 spiro atoms. The first kappa shape index (κ1) is 15.6. The molecule has 0 radical (unpaired) electrons. The van der Waals surface area contributed by atoms with Gasteiger partial charge >= 0.3 is 0 Å². The van der Waals surface area contributed by atoms with Gasteiger partial charge in [0, 0.05) is 0 Å². The van der Waals surface area contributed by atoms with Crippen LogP contribution in [0.15, 0.2) is 48.5 Å². The zero-order chi connectivity index (χ0) is 16.1. The number of benzene rings is 2. The van der Waals surface area contributed by atoms with Crippen molar-refractivity contribution in [2.24, 2.45) is 0 Å². The van der Waals surface area contributed by atoms with Gasteiger partial charge in [-0.05, 0) is 36.1 Å². The Hall–Kier alpha value is -2.29. The molecule has 2 aromatic carbocycles. The first-order valence-electron chi connectivity index (χ1n) is 8.50. The van der Waals surface area contributed by atoms with Crippen LogP contribution in [0.5, 0.6) is 0 Å². The van der Waals surface area contributed by atoms with E-state index in [0.717, 1.165) is 23.4 Å². The molecule has 3 heteroatoms. The number of anilines is 2. The number of rotatable bonds is 5. The van der Waals surface area contributed by atoms with E-state index in [9.17, 15) is 4.79 Å². The normalized spacial score (nSPS) is 16.9. The van der Waals surface area contributed by atoms with Gasteiger partial charge in [-0.25, -0.2) is 0 Å². The number of carbonyl (C=O) groups is 1. The third-order valence-corrected chi connectivity index (χ3v) is 4.37. The maximum Gasteiger partial charge on any atom is 0.226 e. The lowest BCUT2D eigenvalue weighted by molar-refractivity contribution is -0.116. The molecular weight excluding hydrogens is 284 g/mol. The third kappa shape index (κ3) is 3.92. The number of unbranched alkanes of at least 4 members (excludes halogenated alkanes) is 2. The highest BCUT2D eigenvalue weighted by atomic mass is 16.1. The molecule has 0 saturated carbocycles. The summed E-state index contributed by atoms with van der Waals surface area (Å²) in [5, 5.41) is 6.46. The highest BCUT2D eigenvalue weighted by molar-refractivity contribution is 5.96. The van der Waals surface area contributed by atoms with Crippen LogP contribution in [0.2, 0.25) is 0 Å². The highest BCUT2D eigenvalue weighted by Crippen LogP contribution is 2.31. The molecule has 0 unspecified atom stereocenters. The minimum atomic E-state index is 0.0170. The fraction of sp³-hybridized carbons (Fsp3) is 0.350. The highest BCUT2D eigenvalue weighted by Gasteiger charge is 2.21. The van der Waals surface area contributed by atoms with E-state index < -0.39 is 0 Å². The zero-order valence-corrected chi connectivity index (χ0v) is 13.6. The summed E-state index contributed by atoms with van der Waals surface area (Å²) in [6, 6.07) is 16.6. The molecule has 0 saturated heterocycles. The summed E-state index contributed by atoms with van der Waals surface area (Å²) in [6.45, 7) is 2.23. The van der Waals surface area contributed by atoms with Gasteiger partial charge in [0.2, 0.25) is 5.91 Å². The van der Waals surface area contributed by atoms with Gasteiger partial charge in [-0.15, -0.1) is 0 Å². The van der Waals surface area contributed by atoms with E-state index in [1.807, 2.05) is 24.3 Å². The largest absolute Gasteiger partial charge is 0.376 e. The predicted octanol–water partition coefficient (Wildman–Crippen LogP) is 4.91. The Balaban J connectivity index is 1.74. The maximum atomic E-state index is 12.1. The lowest BCUT2D eigenvalue weighted by atomic mass is 9.99. The lowest BCUT2D eigenvalue weighted by Gasteiger charge is -2.17. The first-order chi connectivity index (χ1) is 11.3. The summed E-state index contributed by atoms with van der Waals surface area (Å²) in [5.41, 5.74) is 4.38. The molecule has 0 bridgehead atoms. The van der Waals surface area contributed by atoms with Crippen LogP contribution in [0.4, 0.5) is 11.4 Å². The molecule has 23 heavy (non-hydrogen) atoms. The maximum absolute atomic E-state index is 12.1. The number of para-hydroxylation sites is 2. The van der Waals surface area contributed by atoms with Crippen molar-refractivity contribution in [3.63, 3.8) is 0 Å². The van der Waals surface area contributed by atoms with Crippen LogP contribution in [0.1, 0.15) is 49.8 Å². The molecule has 1 aliphatic rings. The van der Waals surface area contributed by atoms with Gasteiger partial charge < -0.3 is 10.6 Å². The number of amides is 1. The molecule has 120 valence electrons. The molecule has 3 nitrogen and oxygen atoms in total. The van der Waals surface area contributed by atoms with E-state index in [0.29, 0.717) is 6.42 Å². The topological polar surface area (TPSA) is 41.1 Å². The molecule has 1 atom stereocenters. The van der Waals surface area contributed by atoms with Crippen LogP contribution in [0.3, 0.4) is 0 Å². The number of hydrogen-bond donors (Lipinski definition) is 2. The molecule has 1 amide bonds. The van der Waals surface area contributed by atoms with E-state index in [1.54, 1.807) is 0 Å². The lowest BCUT2D eigenvalue weighted by Crippen LogP contribution is -2.15. The summed E-state index contributed by atoms with van der Waals surface area (Å²) < 4.78 is 0. The van der Waals surface area contributed by atoms with Crippen molar-refractivity contribution < 1.29 is 4.79 Å². The predicted molar refractivity (Wildman–Crippen MR) is 95.7 cm³/mol. The van der Waals surface area contributed by atoms with Gasteiger partial charge in [-0.3, -0.25) is 4.79 Å². The van der Waals surface area contributed by atoms with Crippen LogP contribution in [0.25, 0.3) is 0 Å². The summed E-state index contributed by atoms with van der Waals surface area (Å²) >= 11 is 0. The smallest absolute Gasteiger partial charge is 0.226 e. The second-order valence-electron chi connectivity index (χ2n) is 6.19. The summed E-state index contributed by atoms with van der Waals surface area (Å²) in [7, 11) is 0. The number of hydrogen-bond acceptors (Lipinski definition) is 2. The minimum absolute atomic E-state index is 0.0170. The molecule has 1 aliphatic heterocycles. The van der Waals surface area contributed by atoms with Gasteiger partial charge in [0.1, 0.15) is 0 Å². The summed E-state index contributed by atoms with van der Waals surface area (Å²) in [6.07, 6.45) is 5.36. The SMILES string of the molecule is CCCCCc1ccc([C@H]2CC(=O)Nc3ccccc3N2)cc1. The number of nitrogens with one attached hydrogen (secondary N) is 2. The number of fused-ring (bicyclic) bond motifs is 1. The Morgan fingerprint density at radius 2 is 1.74 bits per heavy atom. The fourth-order valence-corrected chi connectivity index (χ4v) is 3.04. The van der Waals surface area contributed by atoms with Gasteiger partial charge in [-0.1, -0.05) is 56.2 Å². The summed E-state index contributed by atoms with van der Waals surface area (Å²) in [5.74, 6) is 0.0551. The van der Waals surface area contributed by atoms with Crippen molar-refractivity contribution in [3.8, 4) is 0 Å². The van der Waals surface area contributed by atoms with E-state index in [4.69, 9.17) is 0 Å². The fourth-order valence-electron chi connectivity index (χ4n) is 3.04. The third-order valence-electron chi connectivity index (χ3n) is 4.37. The zero-order valence-electron chi connectivity index (χ0n) is 13.6. The Kier molecular flexibility index (Phi) is 4.96. The van der Waals surface area contributed by atoms with E-state index in [1.165, 1.54) is 24.8 Å². The van der Waals surface area contributed by atoms with Crippen LogP contribution >= 0.6 is 0 Å². The van der Waals surface area contributed by atoms with Crippen molar-refractivity contribution in [1.29, 1.82) is 0 Å². The molecule has 0 aromatic heterocycles. The Bertz CT molecular complexity index is 664. The Morgan fingerprint density at radius 1 is 1.00 bits per heavy atom. The van der Waals surface area contributed by atoms with Crippen molar-refractivity contribution in [1.82, 2.24) is 0 Å². The van der Waals surface area contributed by atoms with Gasteiger partial charge in [0.25, 0.3) is 0 Å². The van der Waals surface area contributed by atoms with E-state index in [2.05, 4.69) is 41.8 Å². The van der Waals surface area contributed by atoms with Gasteiger partial charge in [0.15, 0.2) is 0 Å². The van der Waals surface area contributed by atoms with E-state index in [-0.39, 0.29) is 11.9 Å². The van der Waals surface area contributed by atoms with Gasteiger partial charge in [-0.2, -0.15) is 0 Å². The molecular formula is C20H24N2O. The van der Waals surface area contributed by atoms with Crippen LogP contribution in [-0.2, 0) is 11.2 Å². The van der Waals surface area contributed by atoms with Crippen molar-refractivity contribution in [3.05, 3.63) is 59.7 Å². The Labute approximate surface area is 138 Å². The molecule has 0 aliphatic carbocycles. The van der Waals surface area contributed by atoms with Crippen molar-refractivity contribution >= 4 is 17.3 Å². The number of carbonyl (C=O) groups excluding carboxylic acids is 1. The van der Waals surface area contributed by atoms with Crippen molar-refractivity contribution in [2.75, 3.05) is 10.6 Å². The standard InChI is InChI=1S/C20H24N2O/c1-2-3-4-7-15-10-12-16(13-11-15)19-14-20(23)22-18-9-6-5-8-17(18)21-19/h5-6,8-13,19,21H,2-4,7,14H2,1H3,(H,22,23)/t19-/m1/s1. The molecule has 1 heterocycles. The second-order valence-corrected chi connectivity index (χ2v) is 6.19. The van der Waals surface area contributed by atoms with Crippen LogP contribution in [-0.4, -0.2) is 5.91 Å². The second kappa shape index (κ2) is 7.32. The van der Waals surface area contributed by atoms with Crippen molar-refractivity contribution in [2.45, 2.75) is 45.1 Å².